The molecule has 3 aromatic rings. The standard InChI is InChI=1S/C33H38ClN3O5/c1-33(2,3)42-31(39)35-18-9-8-17-29(30(38)36-20-22-11-10-12-23(34)19-22)37-32(40)41-21-28-26-15-6-4-13-24(26)25-14-5-7-16-27(25)28/h4-7,10-16,19,28-29H,8-9,17-18,20-21H2,1-3H3,(H,35,39)(H,36,38)(H,37,40)/t29-/m0/s1. The quantitative estimate of drug-likeness (QED) is 0.219. The molecule has 0 unspecified atom stereocenters. The Morgan fingerprint density at radius 3 is 2.17 bits per heavy atom. The summed E-state index contributed by atoms with van der Waals surface area (Å²) in [4.78, 5) is 38.0. The molecule has 0 aliphatic heterocycles. The molecule has 0 fully saturated rings. The van der Waals surface area contributed by atoms with Crippen molar-refractivity contribution in [2.45, 2.75) is 64.1 Å². The van der Waals surface area contributed by atoms with Gasteiger partial charge in [-0.15, -0.1) is 0 Å². The number of alkyl carbamates (subject to hydrolysis) is 2. The summed E-state index contributed by atoms with van der Waals surface area (Å²) in [6.45, 7) is 6.20. The highest BCUT2D eigenvalue weighted by Crippen LogP contribution is 2.44. The van der Waals surface area contributed by atoms with Crippen LogP contribution in [0.1, 0.15) is 62.6 Å². The lowest BCUT2D eigenvalue weighted by molar-refractivity contribution is -0.123. The second-order valence-corrected chi connectivity index (χ2v) is 11.7. The van der Waals surface area contributed by atoms with Crippen molar-refractivity contribution in [3.05, 3.63) is 94.5 Å². The van der Waals surface area contributed by atoms with Crippen molar-refractivity contribution in [2.75, 3.05) is 13.2 Å². The van der Waals surface area contributed by atoms with E-state index in [0.29, 0.717) is 30.8 Å². The molecule has 0 radical (unpaired) electrons. The van der Waals surface area contributed by atoms with E-state index in [1.165, 1.54) is 0 Å². The first-order chi connectivity index (χ1) is 20.1. The van der Waals surface area contributed by atoms with Gasteiger partial charge >= 0.3 is 12.2 Å². The molecule has 0 aromatic heterocycles. The summed E-state index contributed by atoms with van der Waals surface area (Å²) in [6.07, 6.45) is 0.390. The predicted molar refractivity (Wildman–Crippen MR) is 163 cm³/mol. The van der Waals surface area contributed by atoms with Crippen molar-refractivity contribution < 1.29 is 23.9 Å². The van der Waals surface area contributed by atoms with E-state index in [1.54, 1.807) is 32.9 Å². The molecular weight excluding hydrogens is 554 g/mol. The van der Waals surface area contributed by atoms with Gasteiger partial charge in [-0.2, -0.15) is 0 Å². The lowest BCUT2D eigenvalue weighted by Crippen LogP contribution is -2.47. The SMILES string of the molecule is CC(C)(C)OC(=O)NCCCC[C@H](NC(=O)OCC1c2ccccc2-c2ccccc21)C(=O)NCc1cccc(Cl)c1. The first kappa shape index (κ1) is 30.9. The van der Waals surface area contributed by atoms with Crippen LogP contribution in [0, 0.1) is 0 Å². The molecule has 0 heterocycles. The third kappa shape index (κ3) is 8.73. The van der Waals surface area contributed by atoms with E-state index < -0.39 is 23.8 Å². The summed E-state index contributed by atoms with van der Waals surface area (Å²) in [5, 5.41) is 8.93. The van der Waals surface area contributed by atoms with Crippen LogP contribution in [0.15, 0.2) is 72.8 Å². The Morgan fingerprint density at radius 2 is 1.52 bits per heavy atom. The predicted octanol–water partition coefficient (Wildman–Crippen LogP) is 6.56. The number of carbonyl (C=O) groups is 3. The number of nitrogens with one attached hydrogen (secondary N) is 3. The van der Waals surface area contributed by atoms with Gasteiger partial charge < -0.3 is 25.4 Å². The third-order valence-corrected chi connectivity index (χ3v) is 7.13. The maximum absolute atomic E-state index is 13.1. The monoisotopic (exact) mass is 591 g/mol. The lowest BCUT2D eigenvalue weighted by atomic mass is 9.98. The Kier molecular flexibility index (Phi) is 10.5. The summed E-state index contributed by atoms with van der Waals surface area (Å²) in [5.74, 6) is -0.416. The molecule has 0 saturated carbocycles. The first-order valence-corrected chi connectivity index (χ1v) is 14.6. The van der Waals surface area contributed by atoms with Gasteiger partial charge in [-0.1, -0.05) is 72.3 Å². The second kappa shape index (κ2) is 14.2. The number of fused-ring (bicyclic) bond motifs is 3. The summed E-state index contributed by atoms with van der Waals surface area (Å²) in [7, 11) is 0. The van der Waals surface area contributed by atoms with E-state index >= 15 is 0 Å². The average molecular weight is 592 g/mol. The zero-order chi connectivity index (χ0) is 30.1. The van der Waals surface area contributed by atoms with Crippen LogP contribution in [-0.4, -0.2) is 42.9 Å². The molecule has 1 aliphatic carbocycles. The van der Waals surface area contributed by atoms with Crippen molar-refractivity contribution >= 4 is 29.7 Å². The zero-order valence-corrected chi connectivity index (χ0v) is 25.0. The highest BCUT2D eigenvalue weighted by Gasteiger charge is 2.30. The largest absolute Gasteiger partial charge is 0.449 e. The molecule has 0 saturated heterocycles. The van der Waals surface area contributed by atoms with Crippen molar-refractivity contribution in [1.82, 2.24) is 16.0 Å². The summed E-state index contributed by atoms with van der Waals surface area (Å²) < 4.78 is 10.9. The van der Waals surface area contributed by atoms with Gasteiger partial charge in [0.25, 0.3) is 0 Å². The zero-order valence-electron chi connectivity index (χ0n) is 24.2. The maximum Gasteiger partial charge on any atom is 0.407 e. The van der Waals surface area contributed by atoms with Crippen LogP contribution >= 0.6 is 11.6 Å². The Bertz CT molecular complexity index is 1360. The van der Waals surface area contributed by atoms with E-state index in [-0.39, 0.29) is 25.0 Å². The summed E-state index contributed by atoms with van der Waals surface area (Å²) >= 11 is 6.07. The molecule has 3 N–H and O–H groups in total. The van der Waals surface area contributed by atoms with E-state index in [4.69, 9.17) is 21.1 Å². The minimum Gasteiger partial charge on any atom is -0.449 e. The van der Waals surface area contributed by atoms with Gasteiger partial charge in [-0.05, 0) is 80.0 Å². The fraction of sp³-hybridized carbons (Fsp3) is 0.364. The molecule has 42 heavy (non-hydrogen) atoms. The normalized spacial score (nSPS) is 13.0. The van der Waals surface area contributed by atoms with Crippen LogP contribution in [0.4, 0.5) is 9.59 Å². The molecule has 9 heteroatoms. The Hall–Kier alpha value is -4.04. The molecule has 1 aliphatic rings. The third-order valence-electron chi connectivity index (χ3n) is 6.90. The molecule has 0 spiro atoms. The van der Waals surface area contributed by atoms with Crippen LogP contribution in [-0.2, 0) is 20.8 Å². The summed E-state index contributed by atoms with van der Waals surface area (Å²) in [6, 6.07) is 22.6. The smallest absolute Gasteiger partial charge is 0.407 e. The van der Waals surface area contributed by atoms with Gasteiger partial charge in [0.05, 0.1) is 0 Å². The molecular formula is C33H38ClN3O5. The van der Waals surface area contributed by atoms with Gasteiger partial charge in [0.15, 0.2) is 0 Å². The fourth-order valence-corrected chi connectivity index (χ4v) is 5.20. The van der Waals surface area contributed by atoms with E-state index in [9.17, 15) is 14.4 Å². The summed E-state index contributed by atoms with van der Waals surface area (Å²) in [5.41, 5.74) is 4.76. The van der Waals surface area contributed by atoms with Gasteiger partial charge in [0.1, 0.15) is 18.2 Å². The van der Waals surface area contributed by atoms with Gasteiger partial charge in [0, 0.05) is 24.0 Å². The molecule has 4 rings (SSSR count). The lowest BCUT2D eigenvalue weighted by Gasteiger charge is -2.21. The molecule has 1 atom stereocenters. The minimum atomic E-state index is -0.818. The number of rotatable bonds is 11. The number of unbranched alkanes of at least 4 members (excludes halogenated alkanes) is 1. The van der Waals surface area contributed by atoms with Crippen molar-refractivity contribution in [3.8, 4) is 11.1 Å². The highest BCUT2D eigenvalue weighted by molar-refractivity contribution is 6.30. The Morgan fingerprint density at radius 1 is 0.857 bits per heavy atom. The van der Waals surface area contributed by atoms with Crippen LogP contribution in [0.25, 0.3) is 11.1 Å². The Labute approximate surface area is 252 Å². The van der Waals surface area contributed by atoms with E-state index in [2.05, 4.69) is 40.2 Å². The van der Waals surface area contributed by atoms with Crippen LogP contribution in [0.2, 0.25) is 5.02 Å². The van der Waals surface area contributed by atoms with Gasteiger partial charge in [-0.3, -0.25) is 4.79 Å². The number of halogens is 1. The first-order valence-electron chi connectivity index (χ1n) is 14.2. The molecule has 222 valence electrons. The number of hydrogen-bond acceptors (Lipinski definition) is 5. The van der Waals surface area contributed by atoms with E-state index in [0.717, 1.165) is 27.8 Å². The van der Waals surface area contributed by atoms with Crippen molar-refractivity contribution in [1.29, 1.82) is 0 Å². The number of hydrogen-bond donors (Lipinski definition) is 3. The van der Waals surface area contributed by atoms with Gasteiger partial charge in [0.2, 0.25) is 5.91 Å². The molecule has 8 nitrogen and oxygen atoms in total. The molecule has 3 aromatic carbocycles. The number of amides is 3. The maximum atomic E-state index is 13.1. The fourth-order valence-electron chi connectivity index (χ4n) is 4.99. The number of ether oxygens (including phenoxy) is 2. The van der Waals surface area contributed by atoms with Crippen molar-refractivity contribution in [3.63, 3.8) is 0 Å². The van der Waals surface area contributed by atoms with Crippen LogP contribution in [0.3, 0.4) is 0 Å². The van der Waals surface area contributed by atoms with E-state index in [1.807, 2.05) is 36.4 Å². The second-order valence-electron chi connectivity index (χ2n) is 11.3. The molecule has 0 bridgehead atoms. The minimum absolute atomic E-state index is 0.0859. The number of benzene rings is 3. The Balaban J connectivity index is 1.34. The average Bonchev–Trinajstić information content (AvgIpc) is 3.26. The molecule has 3 amide bonds. The van der Waals surface area contributed by atoms with Crippen LogP contribution in [0.5, 0.6) is 0 Å². The topological polar surface area (TPSA) is 106 Å². The van der Waals surface area contributed by atoms with Crippen molar-refractivity contribution in [2.24, 2.45) is 0 Å². The van der Waals surface area contributed by atoms with Crippen LogP contribution < -0.4 is 16.0 Å². The highest BCUT2D eigenvalue weighted by atomic mass is 35.5. The number of carbonyl (C=O) groups excluding carboxylic acids is 3. The van der Waals surface area contributed by atoms with Gasteiger partial charge in [-0.25, -0.2) is 9.59 Å².